The minimum atomic E-state index is -1.04. The normalized spacial score (nSPS) is 14.9. The van der Waals surface area contributed by atoms with Crippen molar-refractivity contribution < 1.29 is 13.6 Å². The van der Waals surface area contributed by atoms with E-state index in [0.717, 1.165) is 17.8 Å². The number of carbonyl (C=O) groups excluding carboxylic acids is 1. The van der Waals surface area contributed by atoms with Gasteiger partial charge in [0, 0.05) is 31.6 Å². The standard InChI is InChI=1S/C21H20F2N4O2/c1-25-21(29)27(16-5-3-2-4-6-16)19(24-25)14-9-11-26(12-10-14)20(28)15-7-8-17(22)18(23)13-15/h2-8,13-14H,9-12H2,1H3. The highest BCUT2D eigenvalue weighted by atomic mass is 19.2. The lowest BCUT2D eigenvalue weighted by atomic mass is 9.95. The molecule has 1 aliphatic heterocycles. The first-order valence-electron chi connectivity index (χ1n) is 9.41. The van der Waals surface area contributed by atoms with Gasteiger partial charge in [-0.1, -0.05) is 18.2 Å². The van der Waals surface area contributed by atoms with Gasteiger partial charge in [0.15, 0.2) is 11.6 Å². The van der Waals surface area contributed by atoms with Gasteiger partial charge in [0.05, 0.1) is 5.69 Å². The predicted molar refractivity (Wildman–Crippen MR) is 103 cm³/mol. The molecule has 0 N–H and O–H groups in total. The first-order chi connectivity index (χ1) is 14.0. The Bertz CT molecular complexity index is 1100. The van der Waals surface area contributed by atoms with Crippen molar-refractivity contribution in [2.45, 2.75) is 18.8 Å². The van der Waals surface area contributed by atoms with E-state index in [2.05, 4.69) is 5.10 Å². The molecule has 0 radical (unpaired) electrons. The van der Waals surface area contributed by atoms with Gasteiger partial charge < -0.3 is 4.90 Å². The largest absolute Gasteiger partial charge is 0.350 e. The van der Waals surface area contributed by atoms with Crippen LogP contribution in [0, 0.1) is 11.6 Å². The predicted octanol–water partition coefficient (Wildman–Crippen LogP) is 2.87. The molecule has 8 heteroatoms. The molecule has 0 saturated carbocycles. The molecule has 0 unspecified atom stereocenters. The van der Waals surface area contributed by atoms with Crippen LogP contribution in [0.2, 0.25) is 0 Å². The van der Waals surface area contributed by atoms with Crippen LogP contribution in [0.15, 0.2) is 53.3 Å². The number of hydrogen-bond acceptors (Lipinski definition) is 3. The number of piperidine rings is 1. The van der Waals surface area contributed by atoms with Gasteiger partial charge >= 0.3 is 5.69 Å². The number of halogens is 2. The second-order valence-electron chi connectivity index (χ2n) is 7.13. The summed E-state index contributed by atoms with van der Waals surface area (Å²) in [6.45, 7) is 0.893. The van der Waals surface area contributed by atoms with Crippen LogP contribution in [0.3, 0.4) is 0 Å². The molecule has 3 aromatic rings. The van der Waals surface area contributed by atoms with Gasteiger partial charge in [0.2, 0.25) is 0 Å². The lowest BCUT2D eigenvalue weighted by Gasteiger charge is -2.31. The number of benzene rings is 2. The number of aromatic nitrogens is 3. The Kier molecular flexibility index (Phi) is 5.00. The van der Waals surface area contributed by atoms with Crippen LogP contribution in [-0.4, -0.2) is 38.2 Å². The average molecular weight is 398 g/mol. The third-order valence-electron chi connectivity index (χ3n) is 5.28. The van der Waals surface area contributed by atoms with Crippen LogP contribution in [0.25, 0.3) is 5.69 Å². The van der Waals surface area contributed by atoms with Gasteiger partial charge in [0.25, 0.3) is 5.91 Å². The first kappa shape index (κ1) is 19.0. The fourth-order valence-corrected chi connectivity index (χ4v) is 3.72. The van der Waals surface area contributed by atoms with E-state index in [9.17, 15) is 18.4 Å². The highest BCUT2D eigenvalue weighted by Crippen LogP contribution is 2.28. The van der Waals surface area contributed by atoms with Gasteiger partial charge in [-0.15, -0.1) is 0 Å². The molecule has 0 spiro atoms. The van der Waals surface area contributed by atoms with Crippen molar-refractivity contribution in [2.75, 3.05) is 13.1 Å². The van der Waals surface area contributed by atoms with Gasteiger partial charge in [-0.2, -0.15) is 5.10 Å². The summed E-state index contributed by atoms with van der Waals surface area (Å²) in [5.41, 5.74) is 0.661. The summed E-state index contributed by atoms with van der Waals surface area (Å²) in [6.07, 6.45) is 1.25. The third-order valence-corrected chi connectivity index (χ3v) is 5.28. The van der Waals surface area contributed by atoms with Gasteiger partial charge in [-0.25, -0.2) is 22.8 Å². The molecule has 0 bridgehead atoms. The van der Waals surface area contributed by atoms with Crippen molar-refractivity contribution >= 4 is 5.91 Å². The molecule has 2 heterocycles. The zero-order chi connectivity index (χ0) is 20.5. The molecule has 150 valence electrons. The van der Waals surface area contributed by atoms with Gasteiger partial charge in [0.1, 0.15) is 5.82 Å². The topological polar surface area (TPSA) is 60.1 Å². The first-order valence-corrected chi connectivity index (χ1v) is 9.41. The maximum absolute atomic E-state index is 13.4. The smallest absolute Gasteiger partial charge is 0.339 e. The fourth-order valence-electron chi connectivity index (χ4n) is 3.72. The minimum Gasteiger partial charge on any atom is -0.339 e. The number of likely N-dealkylation sites (tertiary alicyclic amines) is 1. The highest BCUT2D eigenvalue weighted by Gasteiger charge is 2.29. The molecule has 29 heavy (non-hydrogen) atoms. The summed E-state index contributed by atoms with van der Waals surface area (Å²) in [7, 11) is 1.62. The van der Waals surface area contributed by atoms with E-state index in [-0.39, 0.29) is 23.1 Å². The van der Waals surface area contributed by atoms with E-state index in [1.165, 1.54) is 10.7 Å². The Hall–Kier alpha value is -3.29. The summed E-state index contributed by atoms with van der Waals surface area (Å²) in [6, 6.07) is 12.5. The van der Waals surface area contributed by atoms with Gasteiger partial charge in [-0.05, 0) is 43.2 Å². The molecule has 0 aliphatic carbocycles. The maximum atomic E-state index is 13.4. The average Bonchev–Trinajstić information content (AvgIpc) is 3.05. The molecule has 1 fully saturated rings. The van der Waals surface area contributed by atoms with Crippen molar-refractivity contribution in [3.8, 4) is 5.69 Å². The lowest BCUT2D eigenvalue weighted by molar-refractivity contribution is 0.0710. The zero-order valence-corrected chi connectivity index (χ0v) is 15.9. The van der Waals surface area contributed by atoms with Crippen LogP contribution in [-0.2, 0) is 7.05 Å². The van der Waals surface area contributed by atoms with Crippen LogP contribution < -0.4 is 5.69 Å². The highest BCUT2D eigenvalue weighted by molar-refractivity contribution is 5.94. The van der Waals surface area contributed by atoms with Crippen molar-refractivity contribution in [2.24, 2.45) is 7.05 Å². The van der Waals surface area contributed by atoms with Crippen LogP contribution >= 0.6 is 0 Å². The van der Waals surface area contributed by atoms with Crippen LogP contribution in [0.4, 0.5) is 8.78 Å². The van der Waals surface area contributed by atoms with Crippen LogP contribution in [0.1, 0.15) is 34.9 Å². The Balaban J connectivity index is 1.53. The molecule has 4 rings (SSSR count). The molecule has 1 amide bonds. The summed E-state index contributed by atoms with van der Waals surface area (Å²) in [5, 5.41) is 4.43. The van der Waals surface area contributed by atoms with Crippen molar-refractivity contribution in [1.82, 2.24) is 19.2 Å². The molecule has 1 aromatic heterocycles. The van der Waals surface area contributed by atoms with Crippen molar-refractivity contribution in [3.05, 3.63) is 82.0 Å². The third kappa shape index (κ3) is 3.57. The second-order valence-corrected chi connectivity index (χ2v) is 7.13. The lowest BCUT2D eigenvalue weighted by Crippen LogP contribution is -2.38. The molecule has 1 aliphatic rings. The number of nitrogens with zero attached hydrogens (tertiary/aromatic N) is 4. The molecule has 0 atom stereocenters. The van der Waals surface area contributed by atoms with E-state index >= 15 is 0 Å². The van der Waals surface area contributed by atoms with E-state index in [0.29, 0.717) is 31.8 Å². The minimum absolute atomic E-state index is 0.0121. The summed E-state index contributed by atoms with van der Waals surface area (Å²) < 4.78 is 29.5. The molecule has 2 aromatic carbocycles. The summed E-state index contributed by atoms with van der Waals surface area (Å²) in [5.74, 6) is -1.66. The van der Waals surface area contributed by atoms with E-state index in [4.69, 9.17) is 0 Å². The fraction of sp³-hybridized carbons (Fsp3) is 0.286. The number of hydrogen-bond donors (Lipinski definition) is 0. The Morgan fingerprint density at radius 1 is 1.03 bits per heavy atom. The summed E-state index contributed by atoms with van der Waals surface area (Å²) >= 11 is 0. The Labute approximate surface area is 166 Å². The van der Waals surface area contributed by atoms with Crippen molar-refractivity contribution in [3.63, 3.8) is 0 Å². The Morgan fingerprint density at radius 3 is 2.38 bits per heavy atom. The monoisotopic (exact) mass is 398 g/mol. The molecule has 6 nitrogen and oxygen atoms in total. The number of para-hydroxylation sites is 1. The second kappa shape index (κ2) is 7.62. The SMILES string of the molecule is Cn1nc(C2CCN(C(=O)c3ccc(F)c(F)c3)CC2)n(-c2ccccc2)c1=O. The van der Waals surface area contributed by atoms with E-state index in [1.54, 1.807) is 16.5 Å². The molecular weight excluding hydrogens is 378 g/mol. The number of carbonyl (C=O) groups is 1. The maximum Gasteiger partial charge on any atom is 0.350 e. The zero-order valence-electron chi connectivity index (χ0n) is 15.9. The molecule has 1 saturated heterocycles. The van der Waals surface area contributed by atoms with Gasteiger partial charge in [-0.3, -0.25) is 4.79 Å². The van der Waals surface area contributed by atoms with Crippen LogP contribution in [0.5, 0.6) is 0 Å². The number of amides is 1. The Morgan fingerprint density at radius 2 is 1.72 bits per heavy atom. The quantitative estimate of drug-likeness (QED) is 0.682. The number of aryl methyl sites for hydroxylation is 1. The molecular formula is C21H20F2N4O2. The van der Waals surface area contributed by atoms with Crippen molar-refractivity contribution in [1.29, 1.82) is 0 Å². The van der Waals surface area contributed by atoms with E-state index in [1.807, 2.05) is 30.3 Å². The number of rotatable bonds is 3. The summed E-state index contributed by atoms with van der Waals surface area (Å²) in [4.78, 5) is 26.8. The van der Waals surface area contributed by atoms with E-state index < -0.39 is 11.6 Å².